The van der Waals surface area contributed by atoms with Crippen molar-refractivity contribution in [3.8, 4) is 0 Å². The third-order valence-electron chi connectivity index (χ3n) is 3.40. The zero-order valence-corrected chi connectivity index (χ0v) is 12.7. The number of pyridine rings is 1. The Hall–Kier alpha value is -3.42. The molecule has 0 atom stereocenters. The molecule has 8 heteroatoms. The number of benzene rings is 1. The van der Waals surface area contributed by atoms with Gasteiger partial charge in [-0.15, -0.1) is 0 Å². The van der Waals surface area contributed by atoms with Crippen molar-refractivity contribution in [3.63, 3.8) is 0 Å². The van der Waals surface area contributed by atoms with Crippen molar-refractivity contribution in [2.75, 3.05) is 11.9 Å². The maximum absolute atomic E-state index is 11.8. The van der Waals surface area contributed by atoms with Crippen molar-refractivity contribution in [3.05, 3.63) is 70.7 Å². The van der Waals surface area contributed by atoms with E-state index in [2.05, 4.69) is 15.6 Å². The van der Waals surface area contributed by atoms with Crippen LogP contribution in [0.5, 0.6) is 0 Å². The SMILES string of the molecule is O=C(NCCc1cn2ccccc2n1)Nc1cccc([N+](=O)[O-])c1. The van der Waals surface area contributed by atoms with Gasteiger partial charge in [0, 0.05) is 43.2 Å². The number of nitro benzene ring substituents is 1. The standard InChI is InChI=1S/C16H15N5O3/c22-16(19-12-4-3-5-14(10-12)21(23)24)17-8-7-13-11-20-9-2-1-6-15(20)18-13/h1-6,9-11H,7-8H2,(H2,17,19,22). The average Bonchev–Trinajstić information content (AvgIpc) is 2.97. The second kappa shape index (κ2) is 6.78. The molecule has 0 radical (unpaired) electrons. The third-order valence-corrected chi connectivity index (χ3v) is 3.40. The quantitative estimate of drug-likeness (QED) is 0.556. The summed E-state index contributed by atoms with van der Waals surface area (Å²) in [6.45, 7) is 0.407. The lowest BCUT2D eigenvalue weighted by Crippen LogP contribution is -2.30. The number of hydrogen-bond donors (Lipinski definition) is 2. The van der Waals surface area contributed by atoms with Crippen molar-refractivity contribution >= 4 is 23.1 Å². The highest BCUT2D eigenvalue weighted by Crippen LogP contribution is 2.16. The molecular weight excluding hydrogens is 310 g/mol. The molecule has 2 aromatic heterocycles. The van der Waals surface area contributed by atoms with Crippen LogP contribution in [-0.4, -0.2) is 26.9 Å². The van der Waals surface area contributed by atoms with Gasteiger partial charge in [-0.05, 0) is 18.2 Å². The van der Waals surface area contributed by atoms with Gasteiger partial charge < -0.3 is 15.0 Å². The Labute approximate surface area is 137 Å². The Morgan fingerprint density at radius 2 is 2.12 bits per heavy atom. The number of fused-ring (bicyclic) bond motifs is 1. The number of non-ortho nitro benzene ring substituents is 1. The van der Waals surface area contributed by atoms with Crippen LogP contribution < -0.4 is 10.6 Å². The number of hydrogen-bond acceptors (Lipinski definition) is 4. The molecular formula is C16H15N5O3. The lowest BCUT2D eigenvalue weighted by atomic mass is 10.3. The molecule has 0 unspecified atom stereocenters. The first-order valence-electron chi connectivity index (χ1n) is 7.34. The zero-order chi connectivity index (χ0) is 16.9. The summed E-state index contributed by atoms with van der Waals surface area (Å²) >= 11 is 0. The molecule has 0 saturated heterocycles. The summed E-state index contributed by atoms with van der Waals surface area (Å²) in [4.78, 5) is 26.5. The van der Waals surface area contributed by atoms with E-state index in [9.17, 15) is 14.9 Å². The van der Waals surface area contributed by atoms with Crippen molar-refractivity contribution in [2.24, 2.45) is 0 Å². The fourth-order valence-corrected chi connectivity index (χ4v) is 2.28. The van der Waals surface area contributed by atoms with Gasteiger partial charge in [0.15, 0.2) is 0 Å². The monoisotopic (exact) mass is 325 g/mol. The molecule has 0 aliphatic carbocycles. The van der Waals surface area contributed by atoms with Crippen LogP contribution in [0.15, 0.2) is 54.9 Å². The molecule has 2 heterocycles. The van der Waals surface area contributed by atoms with E-state index in [0.717, 1.165) is 11.3 Å². The van der Waals surface area contributed by atoms with E-state index in [1.165, 1.54) is 18.2 Å². The minimum absolute atomic E-state index is 0.0718. The predicted octanol–water partition coefficient (Wildman–Crippen LogP) is 2.61. The highest BCUT2D eigenvalue weighted by Gasteiger charge is 2.08. The molecule has 24 heavy (non-hydrogen) atoms. The number of nitrogens with one attached hydrogen (secondary N) is 2. The van der Waals surface area contributed by atoms with E-state index >= 15 is 0 Å². The molecule has 0 bridgehead atoms. The number of carbonyl (C=O) groups is 1. The van der Waals surface area contributed by atoms with Gasteiger partial charge in [0.2, 0.25) is 0 Å². The number of carbonyl (C=O) groups excluding carboxylic acids is 1. The molecule has 0 saturated carbocycles. The van der Waals surface area contributed by atoms with E-state index in [4.69, 9.17) is 0 Å². The number of anilines is 1. The zero-order valence-electron chi connectivity index (χ0n) is 12.7. The van der Waals surface area contributed by atoms with Crippen molar-refractivity contribution in [2.45, 2.75) is 6.42 Å². The summed E-state index contributed by atoms with van der Waals surface area (Å²) in [6.07, 6.45) is 4.41. The first kappa shape index (κ1) is 15.5. The Morgan fingerprint density at radius 1 is 1.25 bits per heavy atom. The largest absolute Gasteiger partial charge is 0.337 e. The molecule has 2 N–H and O–H groups in total. The van der Waals surface area contributed by atoms with Gasteiger partial charge in [-0.25, -0.2) is 9.78 Å². The van der Waals surface area contributed by atoms with Crippen LogP contribution in [0.2, 0.25) is 0 Å². The molecule has 0 fully saturated rings. The summed E-state index contributed by atoms with van der Waals surface area (Å²) in [5, 5.41) is 16.0. The summed E-state index contributed by atoms with van der Waals surface area (Å²) < 4.78 is 1.92. The van der Waals surface area contributed by atoms with E-state index in [0.29, 0.717) is 18.7 Å². The molecule has 3 aromatic rings. The highest BCUT2D eigenvalue weighted by atomic mass is 16.6. The molecule has 1 aromatic carbocycles. The lowest BCUT2D eigenvalue weighted by Gasteiger charge is -2.06. The Kier molecular flexibility index (Phi) is 4.37. The lowest BCUT2D eigenvalue weighted by molar-refractivity contribution is -0.384. The minimum atomic E-state index is -0.507. The van der Waals surface area contributed by atoms with Crippen molar-refractivity contribution in [1.82, 2.24) is 14.7 Å². The summed E-state index contributed by atoms with van der Waals surface area (Å²) in [5.41, 5.74) is 2.03. The van der Waals surface area contributed by atoms with Crippen LogP contribution in [0.1, 0.15) is 5.69 Å². The summed E-state index contributed by atoms with van der Waals surface area (Å²) in [5.74, 6) is 0. The van der Waals surface area contributed by atoms with Crippen LogP contribution >= 0.6 is 0 Å². The minimum Gasteiger partial charge on any atom is -0.337 e. The van der Waals surface area contributed by atoms with E-state index < -0.39 is 11.0 Å². The Balaban J connectivity index is 1.52. The number of nitrogens with zero attached hydrogens (tertiary/aromatic N) is 3. The first-order valence-corrected chi connectivity index (χ1v) is 7.34. The van der Waals surface area contributed by atoms with E-state index in [-0.39, 0.29) is 5.69 Å². The van der Waals surface area contributed by atoms with Crippen LogP contribution in [0.3, 0.4) is 0 Å². The highest BCUT2D eigenvalue weighted by molar-refractivity contribution is 5.89. The van der Waals surface area contributed by atoms with Crippen molar-refractivity contribution < 1.29 is 9.72 Å². The van der Waals surface area contributed by atoms with Crippen LogP contribution in [0.25, 0.3) is 5.65 Å². The second-order valence-electron chi connectivity index (χ2n) is 5.14. The fraction of sp³-hybridized carbons (Fsp3) is 0.125. The number of aromatic nitrogens is 2. The molecule has 0 aliphatic rings. The molecule has 8 nitrogen and oxygen atoms in total. The van der Waals surface area contributed by atoms with Gasteiger partial charge in [-0.1, -0.05) is 12.1 Å². The molecule has 0 aliphatic heterocycles. The number of nitro groups is 1. The fourth-order valence-electron chi connectivity index (χ4n) is 2.28. The maximum atomic E-state index is 11.8. The Morgan fingerprint density at radius 3 is 2.92 bits per heavy atom. The van der Waals surface area contributed by atoms with Crippen LogP contribution in [0.4, 0.5) is 16.2 Å². The van der Waals surface area contributed by atoms with Crippen molar-refractivity contribution in [1.29, 1.82) is 0 Å². The van der Waals surface area contributed by atoms with Gasteiger partial charge in [-0.3, -0.25) is 10.1 Å². The number of amides is 2. The van der Waals surface area contributed by atoms with Gasteiger partial charge in [0.1, 0.15) is 5.65 Å². The summed E-state index contributed by atoms with van der Waals surface area (Å²) in [7, 11) is 0. The second-order valence-corrected chi connectivity index (χ2v) is 5.14. The first-order chi connectivity index (χ1) is 11.6. The normalized spacial score (nSPS) is 10.5. The van der Waals surface area contributed by atoms with Gasteiger partial charge >= 0.3 is 6.03 Å². The molecule has 0 spiro atoms. The summed E-state index contributed by atoms with van der Waals surface area (Å²) in [6, 6.07) is 11.1. The maximum Gasteiger partial charge on any atom is 0.319 e. The molecule has 122 valence electrons. The van der Waals surface area contributed by atoms with Crippen LogP contribution in [0, 0.1) is 10.1 Å². The number of imidazole rings is 1. The third kappa shape index (κ3) is 3.67. The van der Waals surface area contributed by atoms with Gasteiger partial charge in [-0.2, -0.15) is 0 Å². The average molecular weight is 325 g/mol. The topological polar surface area (TPSA) is 102 Å². The molecule has 2 amide bonds. The predicted molar refractivity (Wildman–Crippen MR) is 89.0 cm³/mol. The van der Waals surface area contributed by atoms with Gasteiger partial charge in [0.25, 0.3) is 5.69 Å². The number of urea groups is 1. The van der Waals surface area contributed by atoms with Crippen LogP contribution in [-0.2, 0) is 6.42 Å². The van der Waals surface area contributed by atoms with E-state index in [1.807, 2.05) is 35.0 Å². The molecule has 3 rings (SSSR count). The number of rotatable bonds is 5. The van der Waals surface area contributed by atoms with Gasteiger partial charge in [0.05, 0.1) is 10.6 Å². The van der Waals surface area contributed by atoms with E-state index in [1.54, 1.807) is 6.07 Å². The Bertz CT molecular complexity index is 857. The smallest absolute Gasteiger partial charge is 0.319 e.